The molecule has 5 heteroatoms. The van der Waals surface area contributed by atoms with E-state index in [0.717, 1.165) is 39.1 Å². The van der Waals surface area contributed by atoms with Crippen molar-refractivity contribution >= 4 is 23.2 Å². The van der Waals surface area contributed by atoms with Crippen molar-refractivity contribution in [2.24, 2.45) is 0 Å². The van der Waals surface area contributed by atoms with E-state index in [4.69, 9.17) is 11.6 Å². The van der Waals surface area contributed by atoms with Crippen molar-refractivity contribution in [3.05, 3.63) is 64.7 Å². The summed E-state index contributed by atoms with van der Waals surface area (Å²) in [6.45, 7) is 8.10. The Balaban J connectivity index is 1.35. The van der Waals surface area contributed by atoms with Crippen molar-refractivity contribution in [3.8, 4) is 0 Å². The molecule has 1 saturated heterocycles. The van der Waals surface area contributed by atoms with Crippen LogP contribution in [0.25, 0.3) is 0 Å². The van der Waals surface area contributed by atoms with Crippen LogP contribution >= 0.6 is 11.6 Å². The van der Waals surface area contributed by atoms with E-state index in [0.29, 0.717) is 17.1 Å². The highest BCUT2D eigenvalue weighted by Crippen LogP contribution is 2.17. The number of anilines is 1. The largest absolute Gasteiger partial charge is 0.369 e. The third-order valence-electron chi connectivity index (χ3n) is 4.78. The number of amides is 1. The molecule has 1 aliphatic heterocycles. The number of carbonyl (C=O) groups is 1. The summed E-state index contributed by atoms with van der Waals surface area (Å²) in [4.78, 5) is 17.0. The lowest BCUT2D eigenvalue weighted by Crippen LogP contribution is -2.47. The molecule has 3 rings (SSSR count). The van der Waals surface area contributed by atoms with Gasteiger partial charge in [0.05, 0.1) is 0 Å². The van der Waals surface area contributed by atoms with Gasteiger partial charge in [-0.05, 0) is 61.9 Å². The van der Waals surface area contributed by atoms with Gasteiger partial charge in [-0.25, -0.2) is 0 Å². The molecule has 1 fully saturated rings. The van der Waals surface area contributed by atoms with Gasteiger partial charge in [-0.15, -0.1) is 0 Å². The molecule has 2 aromatic carbocycles. The average molecular weight is 372 g/mol. The second-order valence-corrected chi connectivity index (χ2v) is 7.22. The van der Waals surface area contributed by atoms with Crippen molar-refractivity contribution in [3.63, 3.8) is 0 Å². The Morgan fingerprint density at radius 3 is 2.50 bits per heavy atom. The van der Waals surface area contributed by atoms with Gasteiger partial charge in [-0.3, -0.25) is 9.69 Å². The third-order valence-corrected chi connectivity index (χ3v) is 5.03. The van der Waals surface area contributed by atoms with Crippen molar-refractivity contribution < 1.29 is 4.79 Å². The number of hydrogen-bond acceptors (Lipinski definition) is 3. The second-order valence-electron chi connectivity index (χ2n) is 6.78. The van der Waals surface area contributed by atoms with Crippen LogP contribution < -0.4 is 10.2 Å². The van der Waals surface area contributed by atoms with E-state index >= 15 is 0 Å². The molecule has 0 radical (unpaired) electrons. The number of hydrogen-bond donors (Lipinski definition) is 1. The summed E-state index contributed by atoms with van der Waals surface area (Å²) in [6, 6.07) is 15.7. The van der Waals surface area contributed by atoms with Crippen LogP contribution in [0.2, 0.25) is 5.02 Å². The lowest BCUT2D eigenvalue weighted by atomic mass is 10.2. The van der Waals surface area contributed by atoms with Crippen LogP contribution in [0.3, 0.4) is 0 Å². The molecule has 26 heavy (non-hydrogen) atoms. The van der Waals surface area contributed by atoms with Crippen LogP contribution in [-0.4, -0.2) is 50.1 Å². The molecule has 0 aromatic heterocycles. The van der Waals surface area contributed by atoms with Crippen LogP contribution in [0.1, 0.15) is 22.3 Å². The van der Waals surface area contributed by atoms with Crippen LogP contribution in [0.15, 0.2) is 48.5 Å². The van der Waals surface area contributed by atoms with Crippen molar-refractivity contribution in [2.45, 2.75) is 13.3 Å². The van der Waals surface area contributed by atoms with Gasteiger partial charge >= 0.3 is 0 Å². The molecule has 0 bridgehead atoms. The van der Waals surface area contributed by atoms with Gasteiger partial charge in [0.15, 0.2) is 0 Å². The molecule has 138 valence electrons. The summed E-state index contributed by atoms with van der Waals surface area (Å²) in [7, 11) is 0. The number of rotatable bonds is 6. The zero-order chi connectivity index (χ0) is 18.4. The maximum absolute atomic E-state index is 12.1. The molecule has 0 spiro atoms. The molecule has 0 saturated carbocycles. The Morgan fingerprint density at radius 2 is 1.81 bits per heavy atom. The minimum atomic E-state index is -0.0362. The lowest BCUT2D eigenvalue weighted by molar-refractivity contribution is 0.0951. The Bertz CT molecular complexity index is 724. The van der Waals surface area contributed by atoms with Crippen LogP contribution in [0, 0.1) is 6.92 Å². The Kier molecular flexibility index (Phi) is 6.53. The number of nitrogens with zero attached hydrogens (tertiary/aromatic N) is 2. The molecule has 0 atom stereocenters. The molecular weight excluding hydrogens is 346 g/mol. The summed E-state index contributed by atoms with van der Waals surface area (Å²) in [6.07, 6.45) is 0.962. The maximum Gasteiger partial charge on any atom is 0.251 e. The van der Waals surface area contributed by atoms with Gasteiger partial charge in [-0.2, -0.15) is 0 Å². The standard InChI is InChI=1S/C21H26ClN3O/c1-17-4-2-5-20(16-17)25-14-12-24(13-15-25)11-3-10-23-21(26)18-6-8-19(22)9-7-18/h2,4-9,16H,3,10-15H2,1H3,(H,23,26). The van der Waals surface area contributed by atoms with E-state index in [1.807, 2.05) is 0 Å². The first kappa shape index (κ1) is 18.7. The van der Waals surface area contributed by atoms with Gasteiger partial charge in [0.25, 0.3) is 5.91 Å². The fraction of sp³-hybridized carbons (Fsp3) is 0.381. The van der Waals surface area contributed by atoms with E-state index in [-0.39, 0.29) is 5.91 Å². The fourth-order valence-electron chi connectivity index (χ4n) is 3.26. The fourth-order valence-corrected chi connectivity index (χ4v) is 3.39. The Hall–Kier alpha value is -2.04. The Labute approximate surface area is 160 Å². The third kappa shape index (κ3) is 5.23. The van der Waals surface area contributed by atoms with E-state index in [1.54, 1.807) is 24.3 Å². The Morgan fingerprint density at radius 1 is 1.08 bits per heavy atom. The van der Waals surface area contributed by atoms with Crippen LogP contribution in [0.4, 0.5) is 5.69 Å². The molecule has 1 heterocycles. The van der Waals surface area contributed by atoms with Gasteiger partial charge in [-0.1, -0.05) is 23.7 Å². The number of carbonyl (C=O) groups excluding carboxylic acids is 1. The minimum Gasteiger partial charge on any atom is -0.369 e. The maximum atomic E-state index is 12.1. The van der Waals surface area contributed by atoms with Gasteiger partial charge < -0.3 is 10.2 Å². The van der Waals surface area contributed by atoms with Crippen LogP contribution in [0.5, 0.6) is 0 Å². The van der Waals surface area contributed by atoms with E-state index in [1.165, 1.54) is 11.3 Å². The molecule has 2 aromatic rings. The zero-order valence-corrected chi connectivity index (χ0v) is 16.0. The number of piperazine rings is 1. The summed E-state index contributed by atoms with van der Waals surface area (Å²) >= 11 is 5.85. The predicted octanol–water partition coefficient (Wildman–Crippen LogP) is 3.59. The highest BCUT2D eigenvalue weighted by molar-refractivity contribution is 6.30. The van der Waals surface area contributed by atoms with Crippen molar-refractivity contribution in [1.82, 2.24) is 10.2 Å². The smallest absolute Gasteiger partial charge is 0.251 e. The first-order chi connectivity index (χ1) is 12.6. The van der Waals surface area contributed by atoms with Gasteiger partial charge in [0, 0.05) is 49.0 Å². The second kappa shape index (κ2) is 9.06. The quantitative estimate of drug-likeness (QED) is 0.788. The van der Waals surface area contributed by atoms with Crippen molar-refractivity contribution in [1.29, 1.82) is 0 Å². The van der Waals surface area contributed by atoms with E-state index < -0.39 is 0 Å². The monoisotopic (exact) mass is 371 g/mol. The molecule has 1 amide bonds. The minimum absolute atomic E-state index is 0.0362. The lowest BCUT2D eigenvalue weighted by Gasteiger charge is -2.36. The van der Waals surface area contributed by atoms with Crippen LogP contribution in [-0.2, 0) is 0 Å². The first-order valence-corrected chi connectivity index (χ1v) is 9.57. The van der Waals surface area contributed by atoms with E-state index in [9.17, 15) is 4.79 Å². The van der Waals surface area contributed by atoms with E-state index in [2.05, 4.69) is 46.3 Å². The highest BCUT2D eigenvalue weighted by Gasteiger charge is 2.16. The number of aryl methyl sites for hydroxylation is 1. The topological polar surface area (TPSA) is 35.6 Å². The molecule has 4 nitrogen and oxygen atoms in total. The summed E-state index contributed by atoms with van der Waals surface area (Å²) in [5.41, 5.74) is 3.28. The highest BCUT2D eigenvalue weighted by atomic mass is 35.5. The summed E-state index contributed by atoms with van der Waals surface area (Å²) < 4.78 is 0. The number of benzene rings is 2. The van der Waals surface area contributed by atoms with Gasteiger partial charge in [0.1, 0.15) is 0 Å². The molecule has 1 aliphatic rings. The molecule has 0 unspecified atom stereocenters. The molecule has 0 aliphatic carbocycles. The molecular formula is C21H26ClN3O. The summed E-state index contributed by atoms with van der Waals surface area (Å²) in [5.74, 6) is -0.0362. The predicted molar refractivity (Wildman–Crippen MR) is 108 cm³/mol. The van der Waals surface area contributed by atoms with Crippen molar-refractivity contribution in [2.75, 3.05) is 44.2 Å². The molecule has 1 N–H and O–H groups in total. The average Bonchev–Trinajstić information content (AvgIpc) is 2.66. The number of nitrogens with one attached hydrogen (secondary N) is 1. The first-order valence-electron chi connectivity index (χ1n) is 9.19. The number of halogens is 1. The summed E-state index contributed by atoms with van der Waals surface area (Å²) in [5, 5.41) is 3.62. The van der Waals surface area contributed by atoms with Gasteiger partial charge in [0.2, 0.25) is 0 Å². The SMILES string of the molecule is Cc1cccc(N2CCN(CCCNC(=O)c3ccc(Cl)cc3)CC2)c1. The normalized spacial score (nSPS) is 15.1. The zero-order valence-electron chi connectivity index (χ0n) is 15.2.